The fourth-order valence-electron chi connectivity index (χ4n) is 9.12. The van der Waals surface area contributed by atoms with Crippen LogP contribution in [0.25, 0.3) is 0 Å². The van der Waals surface area contributed by atoms with Crippen LogP contribution in [0.5, 0.6) is 0 Å². The second-order valence-corrected chi connectivity index (χ2v) is 16.2. The predicted molar refractivity (Wildman–Crippen MR) is 159 cm³/mol. The van der Waals surface area contributed by atoms with Gasteiger partial charge in [0.2, 0.25) is 0 Å². The standard InChI is InChI=1S/C21H32O5.C10H4F17I/c1-19-7-5-13(23)9-12(19)3-4-14-15-6-8-21(26,17(25)11-22)20(15,2)10-16(24)18(14)19;11-3(12,1-2-28)4(13,14)5(15,16)6(17,18)7(19,20)8(21,22)9(23,24)10(25,26)27/h12-15,18,22-23,26H,3-11H2,1-2H3;1-2H2/t12-,13-,14+,15+,18-,19+,20+,21+;/m1./s1. The van der Waals surface area contributed by atoms with Gasteiger partial charge in [-0.2, -0.15) is 74.6 Å². The lowest BCUT2D eigenvalue weighted by molar-refractivity contribution is -0.461. The zero-order chi connectivity index (χ0) is 42.3. The minimum absolute atomic E-state index is 0.0154. The van der Waals surface area contributed by atoms with E-state index in [2.05, 4.69) is 6.92 Å². The second kappa shape index (κ2) is 14.2. The Morgan fingerprint density at radius 3 is 1.69 bits per heavy atom. The van der Waals surface area contributed by atoms with Crippen molar-refractivity contribution in [3.05, 3.63) is 0 Å². The van der Waals surface area contributed by atoms with Crippen molar-refractivity contribution < 1.29 is 99.5 Å². The number of carbonyl (C=O) groups excluding carboxylic acids is 2. The molecule has 4 fully saturated rings. The summed E-state index contributed by atoms with van der Waals surface area (Å²) in [5.74, 6) is -55.3. The molecule has 4 aliphatic carbocycles. The van der Waals surface area contributed by atoms with Crippen LogP contribution in [0.4, 0.5) is 74.6 Å². The maximum atomic E-state index is 13.4. The van der Waals surface area contributed by atoms with Gasteiger partial charge in [0.05, 0.1) is 6.10 Å². The number of rotatable bonds is 10. The lowest BCUT2D eigenvalue weighted by atomic mass is 9.44. The van der Waals surface area contributed by atoms with Crippen LogP contribution in [0.2, 0.25) is 0 Å². The average Bonchev–Trinajstić information content (AvgIpc) is 3.30. The molecule has 0 aromatic heterocycles. The Labute approximate surface area is 309 Å². The van der Waals surface area contributed by atoms with E-state index in [1.165, 1.54) is 0 Å². The third-order valence-electron chi connectivity index (χ3n) is 12.3. The molecule has 8 atom stereocenters. The van der Waals surface area contributed by atoms with Crippen molar-refractivity contribution >= 4 is 34.2 Å². The summed E-state index contributed by atoms with van der Waals surface area (Å²) in [7, 11) is 0. The van der Waals surface area contributed by atoms with Gasteiger partial charge in [-0.05, 0) is 68.1 Å². The first-order chi connectivity index (χ1) is 24.0. The largest absolute Gasteiger partial charge is 0.460 e. The van der Waals surface area contributed by atoms with E-state index >= 15 is 0 Å². The van der Waals surface area contributed by atoms with Gasteiger partial charge in [0.15, 0.2) is 5.78 Å². The predicted octanol–water partition coefficient (Wildman–Crippen LogP) is 8.68. The van der Waals surface area contributed by atoms with Crippen LogP contribution < -0.4 is 0 Å². The molecule has 0 unspecified atom stereocenters. The number of hydrogen-bond acceptors (Lipinski definition) is 5. The molecular formula is C31H36F17IO5. The highest BCUT2D eigenvalue weighted by Gasteiger charge is 2.95. The van der Waals surface area contributed by atoms with Crippen molar-refractivity contribution in [3.8, 4) is 0 Å². The smallest absolute Gasteiger partial charge is 0.393 e. The summed E-state index contributed by atoms with van der Waals surface area (Å²) in [5, 5.41) is 30.6. The third kappa shape index (κ3) is 6.53. The van der Waals surface area contributed by atoms with E-state index < -0.39 is 81.9 Å². The highest BCUT2D eigenvalue weighted by Crippen LogP contribution is 2.68. The summed E-state index contributed by atoms with van der Waals surface area (Å²) in [5.41, 5.74) is -2.40. The number of carbonyl (C=O) groups is 2. The van der Waals surface area contributed by atoms with E-state index in [1.807, 2.05) is 6.92 Å². The van der Waals surface area contributed by atoms with Gasteiger partial charge < -0.3 is 15.3 Å². The molecule has 0 aromatic carbocycles. The first-order valence-electron chi connectivity index (χ1n) is 16.3. The number of Topliss-reactive ketones (excluding diaryl/α,β-unsaturated/α-hetero) is 2. The van der Waals surface area contributed by atoms with Gasteiger partial charge >= 0.3 is 47.6 Å². The molecule has 4 rings (SSSR count). The Balaban J connectivity index is 0.000000290. The number of aliphatic hydroxyl groups is 3. The van der Waals surface area contributed by atoms with Crippen molar-refractivity contribution in [2.45, 2.75) is 131 Å². The van der Waals surface area contributed by atoms with Crippen LogP contribution in [0.15, 0.2) is 0 Å². The maximum Gasteiger partial charge on any atom is 0.460 e. The molecule has 23 heteroatoms. The number of hydrogen-bond donors (Lipinski definition) is 3. The molecule has 5 nitrogen and oxygen atoms in total. The number of fused-ring (bicyclic) bond motifs is 5. The van der Waals surface area contributed by atoms with Crippen LogP contribution in [-0.2, 0) is 9.59 Å². The molecule has 0 amide bonds. The number of alkyl halides is 18. The van der Waals surface area contributed by atoms with Crippen LogP contribution in [0.3, 0.4) is 0 Å². The van der Waals surface area contributed by atoms with Gasteiger partial charge in [-0.25, -0.2) is 0 Å². The molecule has 0 heterocycles. The first kappa shape index (κ1) is 47.1. The average molecular weight is 938 g/mol. The molecular weight excluding hydrogens is 902 g/mol. The first-order valence-corrected chi connectivity index (χ1v) is 17.9. The van der Waals surface area contributed by atoms with E-state index in [0.29, 0.717) is 12.3 Å². The molecule has 3 N–H and O–H groups in total. The van der Waals surface area contributed by atoms with Crippen LogP contribution >= 0.6 is 22.6 Å². The summed E-state index contributed by atoms with van der Waals surface area (Å²) in [4.78, 5) is 25.7. The summed E-state index contributed by atoms with van der Waals surface area (Å²) in [6.45, 7) is 3.46. The molecule has 54 heavy (non-hydrogen) atoms. The van der Waals surface area contributed by atoms with Crippen molar-refractivity contribution in [1.29, 1.82) is 0 Å². The highest BCUT2D eigenvalue weighted by molar-refractivity contribution is 14.1. The number of aliphatic hydroxyl groups excluding tert-OH is 2. The van der Waals surface area contributed by atoms with Crippen molar-refractivity contribution in [1.82, 2.24) is 0 Å². The van der Waals surface area contributed by atoms with Crippen LogP contribution in [-0.4, -0.2) is 97.3 Å². The molecule has 4 aliphatic rings. The number of ketones is 2. The topological polar surface area (TPSA) is 94.8 Å². The summed E-state index contributed by atoms with van der Waals surface area (Å²) in [6, 6.07) is 0. The van der Waals surface area contributed by atoms with Gasteiger partial charge in [0.1, 0.15) is 18.0 Å². The van der Waals surface area contributed by atoms with Gasteiger partial charge in [0.25, 0.3) is 0 Å². The molecule has 0 spiro atoms. The second-order valence-electron chi connectivity index (χ2n) is 15.1. The monoisotopic (exact) mass is 938 g/mol. The fraction of sp³-hybridized carbons (Fsp3) is 0.935. The fourth-order valence-corrected chi connectivity index (χ4v) is 9.79. The normalized spacial score (nSPS) is 34.4. The zero-order valence-electron chi connectivity index (χ0n) is 28.1. The van der Waals surface area contributed by atoms with Crippen molar-refractivity contribution in [2.24, 2.45) is 34.5 Å². The van der Waals surface area contributed by atoms with Gasteiger partial charge in [0, 0.05) is 28.6 Å². The summed E-state index contributed by atoms with van der Waals surface area (Å²) in [6.07, 6.45) is -4.66. The van der Waals surface area contributed by atoms with E-state index in [-0.39, 0.29) is 41.5 Å². The highest BCUT2D eigenvalue weighted by atomic mass is 127. The molecule has 0 bridgehead atoms. The minimum Gasteiger partial charge on any atom is -0.393 e. The Kier molecular flexibility index (Phi) is 12.4. The van der Waals surface area contributed by atoms with Crippen molar-refractivity contribution in [2.75, 3.05) is 11.0 Å². The van der Waals surface area contributed by atoms with E-state index in [4.69, 9.17) is 0 Å². The molecule has 0 saturated heterocycles. The van der Waals surface area contributed by atoms with Gasteiger partial charge in [-0.15, -0.1) is 0 Å². The van der Waals surface area contributed by atoms with E-state index in [9.17, 15) is 99.5 Å². The number of halogens is 18. The van der Waals surface area contributed by atoms with Gasteiger partial charge in [-0.3, -0.25) is 9.59 Å². The van der Waals surface area contributed by atoms with Gasteiger partial charge in [-0.1, -0.05) is 36.4 Å². The summed E-state index contributed by atoms with van der Waals surface area (Å²) >= 11 is 0.812. The Morgan fingerprint density at radius 2 is 1.22 bits per heavy atom. The molecule has 0 aliphatic heterocycles. The summed E-state index contributed by atoms with van der Waals surface area (Å²) < 4.78 is 216. The molecule has 0 aromatic rings. The van der Waals surface area contributed by atoms with Crippen LogP contribution in [0, 0.1) is 34.5 Å². The maximum absolute atomic E-state index is 13.4. The van der Waals surface area contributed by atoms with E-state index in [0.717, 1.165) is 61.1 Å². The third-order valence-corrected chi connectivity index (χ3v) is 12.8. The minimum atomic E-state index is -8.56. The Bertz CT molecular complexity index is 1420. The SMILES string of the molecule is C[C@]12CC[C@@H](O)C[C@H]1CC[C@@H]1[C@@H]2C(=O)C[C@@]2(C)[C@H]1CC[C@]2(O)C(=O)CO.FC(F)(F)C(F)(F)C(F)(F)C(F)(F)C(F)(F)C(F)(F)C(F)(F)C(F)(F)CCI. The van der Waals surface area contributed by atoms with E-state index in [1.54, 1.807) is 0 Å². The molecule has 4 saturated carbocycles. The Morgan fingerprint density at radius 1 is 0.741 bits per heavy atom. The lowest BCUT2D eigenvalue weighted by Crippen LogP contribution is -2.74. The van der Waals surface area contributed by atoms with Crippen molar-refractivity contribution in [3.63, 3.8) is 0 Å². The Hall–Kier alpha value is -1.24. The molecule has 316 valence electrons. The van der Waals surface area contributed by atoms with Crippen LogP contribution in [0.1, 0.15) is 71.6 Å². The zero-order valence-corrected chi connectivity index (χ0v) is 30.3. The quantitative estimate of drug-likeness (QED) is 0.116. The lowest BCUT2D eigenvalue weighted by Gasteiger charge is -2.60. The molecule has 0 radical (unpaired) electrons.